The minimum Gasteiger partial charge on any atom is -0.478 e. The van der Waals surface area contributed by atoms with E-state index in [1.807, 2.05) is 6.07 Å². The Balaban J connectivity index is 1.41. The van der Waals surface area contributed by atoms with Crippen LogP contribution in [-0.2, 0) is 6.42 Å². The van der Waals surface area contributed by atoms with Crippen LogP contribution in [0.2, 0.25) is 0 Å². The van der Waals surface area contributed by atoms with Crippen LogP contribution in [0, 0.1) is 5.82 Å². The molecule has 178 valence electrons. The Morgan fingerprint density at radius 2 is 2.06 bits per heavy atom. The van der Waals surface area contributed by atoms with E-state index >= 15 is 0 Å². The van der Waals surface area contributed by atoms with E-state index in [4.69, 9.17) is 4.74 Å². The van der Waals surface area contributed by atoms with Crippen LogP contribution >= 0.6 is 11.3 Å². The normalized spacial score (nSPS) is 14.8. The molecule has 0 saturated heterocycles. The Hall–Kier alpha value is -3.92. The molecule has 1 aliphatic carbocycles. The highest BCUT2D eigenvalue weighted by Crippen LogP contribution is 2.37. The molecule has 2 N–H and O–H groups in total. The molecule has 1 amide bonds. The lowest BCUT2D eigenvalue weighted by Gasteiger charge is -2.17. The van der Waals surface area contributed by atoms with E-state index in [9.17, 15) is 9.18 Å². The molecule has 0 unspecified atom stereocenters. The van der Waals surface area contributed by atoms with Gasteiger partial charge in [0.2, 0.25) is 0 Å². The van der Waals surface area contributed by atoms with Crippen molar-refractivity contribution in [1.29, 1.82) is 0 Å². The first-order valence-electron chi connectivity index (χ1n) is 11.2. The first-order valence-corrected chi connectivity index (χ1v) is 12.0. The van der Waals surface area contributed by atoms with Gasteiger partial charge in [-0.15, -0.1) is 21.5 Å². The lowest BCUT2D eigenvalue weighted by molar-refractivity contribution is 0.103. The molecular weight excluding hydrogens is 467 g/mol. The Bertz CT molecular complexity index is 1380. The number of rotatable bonds is 6. The molecular formula is C25H23FN6O2S. The second kappa shape index (κ2) is 9.75. The number of benzene rings is 1. The first kappa shape index (κ1) is 22.9. The number of fused-ring (bicyclic) bond motifs is 1. The Labute approximate surface area is 205 Å². The summed E-state index contributed by atoms with van der Waals surface area (Å²) in [5, 5.41) is 14.2. The fourth-order valence-electron chi connectivity index (χ4n) is 4.12. The van der Waals surface area contributed by atoms with Crippen LogP contribution in [0.15, 0.2) is 48.9 Å². The van der Waals surface area contributed by atoms with Gasteiger partial charge in [0.05, 0.1) is 23.4 Å². The van der Waals surface area contributed by atoms with E-state index in [2.05, 4.69) is 37.7 Å². The molecule has 1 aliphatic rings. The van der Waals surface area contributed by atoms with Crippen molar-refractivity contribution in [3.63, 3.8) is 0 Å². The average molecular weight is 491 g/mol. The monoisotopic (exact) mass is 490 g/mol. The molecule has 10 heteroatoms. The number of aryl methyl sites for hydroxylation is 1. The van der Waals surface area contributed by atoms with Crippen molar-refractivity contribution in [2.45, 2.75) is 32.1 Å². The standard InChI is InChI=1S/C25H23FN6O2S/c1-14-4-3-5-21-16(14)11-22(35-21)24(33)30-19-10-15(6-7-17(19)26)18-12-20(25(34-2)32-31-18)29-23-8-9-27-13-28-23/h6-14H,3-5H2,1-2H3,(H,30,33)(H,27,28,29,31)/t14-/m1/s1. The summed E-state index contributed by atoms with van der Waals surface area (Å²) in [6.07, 6.45) is 6.27. The summed E-state index contributed by atoms with van der Waals surface area (Å²) in [7, 11) is 1.49. The zero-order valence-corrected chi connectivity index (χ0v) is 20.0. The average Bonchev–Trinajstić information content (AvgIpc) is 3.32. The number of amides is 1. The molecule has 0 radical (unpaired) electrons. The molecule has 0 fully saturated rings. The van der Waals surface area contributed by atoms with Crippen LogP contribution in [0.25, 0.3) is 11.3 Å². The number of anilines is 3. The fourth-order valence-corrected chi connectivity index (χ4v) is 5.34. The maximum atomic E-state index is 14.6. The molecule has 0 bridgehead atoms. The van der Waals surface area contributed by atoms with Gasteiger partial charge >= 0.3 is 0 Å². The van der Waals surface area contributed by atoms with Crippen LogP contribution in [0.3, 0.4) is 0 Å². The number of halogens is 1. The Kier molecular flexibility index (Phi) is 6.37. The van der Waals surface area contributed by atoms with Gasteiger partial charge in [-0.2, -0.15) is 0 Å². The minimum atomic E-state index is -0.530. The Morgan fingerprint density at radius 1 is 1.17 bits per heavy atom. The summed E-state index contributed by atoms with van der Waals surface area (Å²) < 4.78 is 19.9. The first-order chi connectivity index (χ1) is 17.0. The topological polar surface area (TPSA) is 102 Å². The van der Waals surface area contributed by atoms with Crippen LogP contribution in [0.4, 0.5) is 21.6 Å². The Morgan fingerprint density at radius 3 is 2.83 bits per heavy atom. The number of carbonyl (C=O) groups excluding carboxylic acids is 1. The van der Waals surface area contributed by atoms with Gasteiger partial charge in [0.25, 0.3) is 11.8 Å². The number of thiophene rings is 1. The van der Waals surface area contributed by atoms with E-state index in [-0.39, 0.29) is 17.5 Å². The van der Waals surface area contributed by atoms with Gasteiger partial charge in [-0.05, 0) is 67.1 Å². The van der Waals surface area contributed by atoms with Crippen LogP contribution in [0.5, 0.6) is 5.88 Å². The lowest BCUT2D eigenvalue weighted by Crippen LogP contribution is -2.11. The third-order valence-electron chi connectivity index (χ3n) is 5.95. The maximum Gasteiger partial charge on any atom is 0.265 e. The smallest absolute Gasteiger partial charge is 0.265 e. The molecule has 3 heterocycles. The molecule has 3 aromatic heterocycles. The highest BCUT2D eigenvalue weighted by molar-refractivity contribution is 7.14. The third kappa shape index (κ3) is 4.83. The fraction of sp³-hybridized carbons (Fsp3) is 0.240. The van der Waals surface area contributed by atoms with Crippen LogP contribution < -0.4 is 15.4 Å². The predicted octanol–water partition coefficient (Wildman–Crippen LogP) is 5.58. The van der Waals surface area contributed by atoms with Crippen molar-refractivity contribution >= 4 is 34.4 Å². The summed E-state index contributed by atoms with van der Waals surface area (Å²) in [5.41, 5.74) is 2.90. The minimum absolute atomic E-state index is 0.0786. The van der Waals surface area contributed by atoms with Crippen molar-refractivity contribution in [1.82, 2.24) is 20.2 Å². The zero-order chi connectivity index (χ0) is 24.4. The van der Waals surface area contributed by atoms with Crippen LogP contribution in [0.1, 0.15) is 45.8 Å². The van der Waals surface area contributed by atoms with Gasteiger partial charge in [0.1, 0.15) is 23.6 Å². The van der Waals surface area contributed by atoms with Crippen molar-refractivity contribution in [3.8, 4) is 17.1 Å². The number of nitrogens with zero attached hydrogens (tertiary/aromatic N) is 4. The van der Waals surface area contributed by atoms with Crippen molar-refractivity contribution in [2.24, 2.45) is 0 Å². The van der Waals surface area contributed by atoms with Crippen molar-refractivity contribution in [3.05, 3.63) is 70.1 Å². The van der Waals surface area contributed by atoms with Gasteiger partial charge in [-0.3, -0.25) is 4.79 Å². The van der Waals surface area contributed by atoms with Gasteiger partial charge in [-0.25, -0.2) is 14.4 Å². The van der Waals surface area contributed by atoms with Gasteiger partial charge in [-0.1, -0.05) is 6.92 Å². The number of carbonyl (C=O) groups is 1. The highest BCUT2D eigenvalue weighted by atomic mass is 32.1. The summed E-state index contributed by atoms with van der Waals surface area (Å²) in [5.74, 6) is 0.420. The van der Waals surface area contributed by atoms with Crippen molar-refractivity contribution < 1.29 is 13.9 Å². The number of nitrogens with one attached hydrogen (secondary N) is 2. The second-order valence-electron chi connectivity index (χ2n) is 8.30. The third-order valence-corrected chi connectivity index (χ3v) is 7.16. The van der Waals surface area contributed by atoms with Crippen LogP contribution in [-0.4, -0.2) is 33.2 Å². The number of hydrogen-bond acceptors (Lipinski definition) is 8. The summed E-state index contributed by atoms with van der Waals surface area (Å²) in [6.45, 7) is 2.18. The predicted molar refractivity (Wildman–Crippen MR) is 133 cm³/mol. The van der Waals surface area contributed by atoms with E-state index in [0.29, 0.717) is 33.6 Å². The maximum absolute atomic E-state index is 14.6. The molecule has 1 atom stereocenters. The van der Waals surface area contributed by atoms with E-state index < -0.39 is 5.82 Å². The number of aromatic nitrogens is 4. The molecule has 0 spiro atoms. The van der Waals surface area contributed by atoms with Crippen molar-refractivity contribution in [2.75, 3.05) is 17.7 Å². The molecule has 0 saturated carbocycles. The molecule has 8 nitrogen and oxygen atoms in total. The zero-order valence-electron chi connectivity index (χ0n) is 19.2. The number of ether oxygens (including phenoxy) is 1. The van der Waals surface area contributed by atoms with E-state index in [1.54, 1.807) is 30.5 Å². The summed E-state index contributed by atoms with van der Waals surface area (Å²) in [4.78, 5) is 22.8. The van der Waals surface area contributed by atoms with Gasteiger partial charge < -0.3 is 15.4 Å². The number of hydrogen-bond donors (Lipinski definition) is 2. The van der Waals surface area contributed by atoms with Gasteiger partial charge in [0, 0.05) is 16.6 Å². The molecule has 0 aliphatic heterocycles. The molecule has 35 heavy (non-hydrogen) atoms. The SMILES string of the molecule is COc1nnc(-c2ccc(F)c(NC(=O)c3cc4c(s3)CCC[C@H]4C)c2)cc1Nc1ccncn1. The molecule has 5 rings (SSSR count). The number of methoxy groups -OCH3 is 1. The largest absolute Gasteiger partial charge is 0.478 e. The summed E-state index contributed by atoms with van der Waals surface area (Å²) >= 11 is 1.49. The van der Waals surface area contributed by atoms with E-state index in [1.165, 1.54) is 41.3 Å². The van der Waals surface area contributed by atoms with E-state index in [0.717, 1.165) is 19.3 Å². The molecule has 4 aromatic rings. The van der Waals surface area contributed by atoms with Gasteiger partial charge in [0.15, 0.2) is 0 Å². The molecule has 1 aromatic carbocycles. The quantitative estimate of drug-likeness (QED) is 0.364. The summed E-state index contributed by atoms with van der Waals surface area (Å²) in [6, 6.07) is 9.81. The highest BCUT2D eigenvalue weighted by Gasteiger charge is 2.22. The lowest BCUT2D eigenvalue weighted by atomic mass is 9.89. The second-order valence-corrected chi connectivity index (χ2v) is 9.44.